The highest BCUT2D eigenvalue weighted by Crippen LogP contribution is 2.46. The molecule has 0 aromatic heterocycles. The Bertz CT molecular complexity index is 338. The molecule has 0 radical (unpaired) electrons. The van der Waals surface area contributed by atoms with Crippen molar-refractivity contribution < 1.29 is 17.6 Å². The molecule has 0 amide bonds. The first-order valence-electron chi connectivity index (χ1n) is 7.02. The van der Waals surface area contributed by atoms with Crippen LogP contribution < -0.4 is 0 Å². The number of rotatable bonds is 1. The minimum Gasteiger partial charge on any atom is -0.247 e. The van der Waals surface area contributed by atoms with Crippen LogP contribution in [-0.4, -0.2) is 12.3 Å². The van der Waals surface area contributed by atoms with Gasteiger partial charge in [-0.15, -0.1) is 0 Å². The number of alkyl halides is 4. The Morgan fingerprint density at radius 2 is 1.47 bits per heavy atom. The van der Waals surface area contributed by atoms with Gasteiger partial charge in [-0.3, -0.25) is 0 Å². The number of hydrogen-bond donors (Lipinski definition) is 0. The van der Waals surface area contributed by atoms with Crippen LogP contribution in [0.25, 0.3) is 0 Å². The summed E-state index contributed by atoms with van der Waals surface area (Å²) in [6, 6.07) is 2.23. The molecule has 0 heterocycles. The Kier molecular flexibility index (Phi) is 4.37. The Morgan fingerprint density at radius 3 is 2.00 bits per heavy atom. The molecule has 5 heteroatoms. The van der Waals surface area contributed by atoms with Gasteiger partial charge in [0.1, 0.15) is 6.17 Å². The van der Waals surface area contributed by atoms with Crippen LogP contribution in [0.1, 0.15) is 44.9 Å². The van der Waals surface area contributed by atoms with Crippen molar-refractivity contribution in [3.63, 3.8) is 0 Å². The molecule has 0 aromatic rings. The summed E-state index contributed by atoms with van der Waals surface area (Å²) >= 11 is 0. The maximum absolute atomic E-state index is 13.4. The Labute approximate surface area is 111 Å². The number of halogens is 4. The fourth-order valence-corrected chi connectivity index (χ4v) is 3.65. The third-order valence-electron chi connectivity index (χ3n) is 4.85. The van der Waals surface area contributed by atoms with Gasteiger partial charge in [0.05, 0.1) is 12.0 Å². The van der Waals surface area contributed by atoms with Gasteiger partial charge in [0.25, 0.3) is 0 Å². The second-order valence-electron chi connectivity index (χ2n) is 5.98. The average molecular weight is 277 g/mol. The molecule has 2 fully saturated rings. The molecule has 0 aliphatic heterocycles. The van der Waals surface area contributed by atoms with Crippen molar-refractivity contribution in [3.8, 4) is 6.07 Å². The third kappa shape index (κ3) is 3.40. The first kappa shape index (κ1) is 14.6. The standard InChI is InChI=1S/C14H19F4N/c15-13-6-5-11(7-12(13)14(16,17)18)10-3-1-9(8-19)2-4-10/h9-13H,1-7H2. The summed E-state index contributed by atoms with van der Waals surface area (Å²) < 4.78 is 51.7. The van der Waals surface area contributed by atoms with E-state index in [1.807, 2.05) is 0 Å². The van der Waals surface area contributed by atoms with E-state index in [1.165, 1.54) is 0 Å². The van der Waals surface area contributed by atoms with Crippen LogP contribution in [0.3, 0.4) is 0 Å². The highest BCUT2D eigenvalue weighted by molar-refractivity contribution is 4.92. The fraction of sp³-hybridized carbons (Fsp3) is 0.929. The summed E-state index contributed by atoms with van der Waals surface area (Å²) in [5.74, 6) is -1.48. The van der Waals surface area contributed by atoms with Crippen molar-refractivity contribution in [2.45, 2.75) is 57.3 Å². The second kappa shape index (κ2) is 5.68. The summed E-state index contributed by atoms with van der Waals surface area (Å²) in [5.41, 5.74) is 0. The first-order valence-corrected chi connectivity index (χ1v) is 7.02. The van der Waals surface area contributed by atoms with Crippen LogP contribution in [0.5, 0.6) is 0 Å². The Hall–Kier alpha value is -0.790. The predicted octanol–water partition coefficient (Wildman–Crippen LogP) is 4.63. The fourth-order valence-electron chi connectivity index (χ4n) is 3.65. The van der Waals surface area contributed by atoms with E-state index in [9.17, 15) is 17.6 Å². The summed E-state index contributed by atoms with van der Waals surface area (Å²) in [6.07, 6.45) is -2.39. The van der Waals surface area contributed by atoms with Crippen LogP contribution in [0.2, 0.25) is 0 Å². The van der Waals surface area contributed by atoms with Crippen LogP contribution in [0.4, 0.5) is 17.6 Å². The van der Waals surface area contributed by atoms with E-state index in [0.717, 1.165) is 25.7 Å². The van der Waals surface area contributed by atoms with Gasteiger partial charge in [0, 0.05) is 5.92 Å². The number of hydrogen-bond acceptors (Lipinski definition) is 1. The number of nitrogens with zero attached hydrogens (tertiary/aromatic N) is 1. The molecule has 2 rings (SSSR count). The van der Waals surface area contributed by atoms with Crippen molar-refractivity contribution in [2.24, 2.45) is 23.7 Å². The van der Waals surface area contributed by atoms with E-state index < -0.39 is 18.3 Å². The van der Waals surface area contributed by atoms with Gasteiger partial charge in [-0.2, -0.15) is 18.4 Å². The van der Waals surface area contributed by atoms with Crippen molar-refractivity contribution in [3.05, 3.63) is 0 Å². The largest absolute Gasteiger partial charge is 0.394 e. The predicted molar refractivity (Wildman–Crippen MR) is 62.8 cm³/mol. The topological polar surface area (TPSA) is 23.8 Å². The molecule has 3 atom stereocenters. The van der Waals surface area contributed by atoms with E-state index in [2.05, 4.69) is 6.07 Å². The summed E-state index contributed by atoms with van der Waals surface area (Å²) in [5, 5.41) is 8.82. The van der Waals surface area contributed by atoms with E-state index >= 15 is 0 Å². The lowest BCUT2D eigenvalue weighted by molar-refractivity contribution is -0.204. The second-order valence-corrected chi connectivity index (χ2v) is 5.98. The molecule has 2 saturated carbocycles. The lowest BCUT2D eigenvalue weighted by Gasteiger charge is -2.39. The molecule has 1 nitrogen and oxygen atoms in total. The summed E-state index contributed by atoms with van der Waals surface area (Å²) in [7, 11) is 0. The maximum atomic E-state index is 13.4. The minimum absolute atomic E-state index is 0.0155. The lowest BCUT2D eigenvalue weighted by Crippen LogP contribution is -2.39. The summed E-state index contributed by atoms with van der Waals surface area (Å²) in [4.78, 5) is 0. The highest BCUT2D eigenvalue weighted by atomic mass is 19.4. The van der Waals surface area contributed by atoms with Gasteiger partial charge >= 0.3 is 6.18 Å². The maximum Gasteiger partial charge on any atom is 0.394 e. The van der Waals surface area contributed by atoms with Gasteiger partial charge in [-0.05, 0) is 56.8 Å². The zero-order chi connectivity index (χ0) is 14.0. The smallest absolute Gasteiger partial charge is 0.247 e. The monoisotopic (exact) mass is 277 g/mol. The van der Waals surface area contributed by atoms with E-state index in [4.69, 9.17) is 5.26 Å². The molecular weight excluding hydrogens is 258 g/mol. The normalized spacial score (nSPS) is 40.7. The molecule has 3 unspecified atom stereocenters. The van der Waals surface area contributed by atoms with Crippen LogP contribution in [0.15, 0.2) is 0 Å². The first-order chi connectivity index (χ1) is 8.91. The van der Waals surface area contributed by atoms with Gasteiger partial charge in [-0.1, -0.05) is 0 Å². The van der Waals surface area contributed by atoms with Crippen LogP contribution >= 0.6 is 0 Å². The average Bonchev–Trinajstić information content (AvgIpc) is 2.38. The molecule has 0 aromatic carbocycles. The van der Waals surface area contributed by atoms with Crippen LogP contribution in [0, 0.1) is 35.0 Å². The Balaban J connectivity index is 1.94. The molecule has 2 aliphatic carbocycles. The molecular formula is C14H19F4N. The van der Waals surface area contributed by atoms with Gasteiger partial charge < -0.3 is 0 Å². The molecule has 0 spiro atoms. The Morgan fingerprint density at radius 1 is 0.895 bits per heavy atom. The van der Waals surface area contributed by atoms with E-state index in [0.29, 0.717) is 6.42 Å². The van der Waals surface area contributed by atoms with Crippen molar-refractivity contribution in [2.75, 3.05) is 0 Å². The molecule has 0 saturated heterocycles. The number of nitriles is 1. The third-order valence-corrected chi connectivity index (χ3v) is 4.85. The minimum atomic E-state index is -4.41. The van der Waals surface area contributed by atoms with Gasteiger partial charge in [-0.25, -0.2) is 4.39 Å². The van der Waals surface area contributed by atoms with E-state index in [-0.39, 0.29) is 30.6 Å². The molecule has 0 bridgehead atoms. The zero-order valence-electron chi connectivity index (χ0n) is 10.8. The van der Waals surface area contributed by atoms with E-state index in [1.54, 1.807) is 0 Å². The molecule has 19 heavy (non-hydrogen) atoms. The highest BCUT2D eigenvalue weighted by Gasteiger charge is 2.49. The van der Waals surface area contributed by atoms with Crippen molar-refractivity contribution in [1.82, 2.24) is 0 Å². The summed E-state index contributed by atoms with van der Waals surface area (Å²) in [6.45, 7) is 0. The van der Waals surface area contributed by atoms with Gasteiger partial charge in [0.15, 0.2) is 0 Å². The van der Waals surface area contributed by atoms with Crippen molar-refractivity contribution >= 4 is 0 Å². The van der Waals surface area contributed by atoms with Crippen LogP contribution in [-0.2, 0) is 0 Å². The molecule has 2 aliphatic rings. The molecule has 108 valence electrons. The zero-order valence-corrected chi connectivity index (χ0v) is 10.8. The SMILES string of the molecule is N#CC1CCC(C2CCC(F)C(C(F)(F)F)C2)CC1. The molecule has 0 N–H and O–H groups in total. The quantitative estimate of drug-likeness (QED) is 0.641. The van der Waals surface area contributed by atoms with Gasteiger partial charge in [0.2, 0.25) is 0 Å². The van der Waals surface area contributed by atoms with Crippen molar-refractivity contribution in [1.29, 1.82) is 5.26 Å². The lowest BCUT2D eigenvalue weighted by atomic mass is 9.68.